The van der Waals surface area contributed by atoms with Gasteiger partial charge in [0.25, 0.3) is 0 Å². The monoisotopic (exact) mass is 287 g/mol. The number of benzene rings is 1. The van der Waals surface area contributed by atoms with Crippen molar-refractivity contribution in [1.82, 2.24) is 0 Å². The first-order valence-corrected chi connectivity index (χ1v) is 6.06. The van der Waals surface area contributed by atoms with Crippen LogP contribution in [0, 0.1) is 0 Å². The summed E-state index contributed by atoms with van der Waals surface area (Å²) >= 11 is 6.05. The number of ether oxygens (including phenoxy) is 3. The Morgan fingerprint density at radius 1 is 1.16 bits per heavy atom. The van der Waals surface area contributed by atoms with Crippen molar-refractivity contribution in [2.75, 3.05) is 19.5 Å². The van der Waals surface area contributed by atoms with Gasteiger partial charge in [-0.05, 0) is 20.8 Å². The van der Waals surface area contributed by atoms with Crippen LogP contribution in [0.15, 0.2) is 12.1 Å². The SMILES string of the molecule is COc1cc(Cl)c(NC(=O)OC(C)(C)C)cc1OC. The molecule has 5 nitrogen and oxygen atoms in total. The molecule has 1 N–H and O–H groups in total. The van der Waals surface area contributed by atoms with Crippen LogP contribution >= 0.6 is 11.6 Å². The Morgan fingerprint density at radius 2 is 1.68 bits per heavy atom. The molecule has 0 radical (unpaired) electrons. The van der Waals surface area contributed by atoms with Crippen molar-refractivity contribution in [2.45, 2.75) is 26.4 Å². The van der Waals surface area contributed by atoms with Gasteiger partial charge >= 0.3 is 6.09 Å². The zero-order valence-corrected chi connectivity index (χ0v) is 12.4. The molecule has 19 heavy (non-hydrogen) atoms. The van der Waals surface area contributed by atoms with Crippen LogP contribution in [0.2, 0.25) is 5.02 Å². The molecule has 0 unspecified atom stereocenters. The molecule has 1 aromatic rings. The minimum Gasteiger partial charge on any atom is -0.493 e. The first-order valence-electron chi connectivity index (χ1n) is 5.68. The van der Waals surface area contributed by atoms with Crippen LogP contribution in [0.1, 0.15) is 20.8 Å². The zero-order valence-electron chi connectivity index (χ0n) is 11.7. The highest BCUT2D eigenvalue weighted by molar-refractivity contribution is 6.33. The third kappa shape index (κ3) is 4.52. The van der Waals surface area contributed by atoms with Crippen LogP contribution in [-0.4, -0.2) is 25.9 Å². The molecule has 1 aromatic carbocycles. The summed E-state index contributed by atoms with van der Waals surface area (Å²) in [5.74, 6) is 0.959. The lowest BCUT2D eigenvalue weighted by molar-refractivity contribution is 0.0636. The van der Waals surface area contributed by atoms with E-state index in [0.29, 0.717) is 22.2 Å². The molecule has 0 aliphatic rings. The van der Waals surface area contributed by atoms with Gasteiger partial charge in [-0.1, -0.05) is 11.6 Å². The maximum absolute atomic E-state index is 11.7. The lowest BCUT2D eigenvalue weighted by Gasteiger charge is -2.20. The first-order chi connectivity index (χ1) is 8.76. The highest BCUT2D eigenvalue weighted by Gasteiger charge is 2.18. The number of methoxy groups -OCH3 is 2. The standard InChI is InChI=1S/C13H18ClNO4/c1-13(2,3)19-12(16)15-9-7-11(18-5)10(17-4)6-8(9)14/h6-7H,1-5H3,(H,15,16). The summed E-state index contributed by atoms with van der Waals surface area (Å²) < 4.78 is 15.4. The number of amides is 1. The topological polar surface area (TPSA) is 56.8 Å². The molecule has 0 bridgehead atoms. The van der Waals surface area contributed by atoms with E-state index in [4.69, 9.17) is 25.8 Å². The molecule has 0 aromatic heterocycles. The molecule has 0 aliphatic carbocycles. The quantitative estimate of drug-likeness (QED) is 0.921. The van der Waals surface area contributed by atoms with E-state index in [0.717, 1.165) is 0 Å². The number of nitrogens with one attached hydrogen (secondary N) is 1. The van der Waals surface area contributed by atoms with E-state index in [1.165, 1.54) is 14.2 Å². The lowest BCUT2D eigenvalue weighted by Crippen LogP contribution is -2.27. The third-order valence-corrected chi connectivity index (χ3v) is 2.42. The van der Waals surface area contributed by atoms with Crippen LogP contribution in [0.25, 0.3) is 0 Å². The van der Waals surface area contributed by atoms with Crippen molar-refractivity contribution in [3.8, 4) is 11.5 Å². The van der Waals surface area contributed by atoms with E-state index in [2.05, 4.69) is 5.32 Å². The molecular formula is C13H18ClNO4. The Kier molecular flexibility index (Phi) is 4.89. The summed E-state index contributed by atoms with van der Waals surface area (Å²) in [7, 11) is 3.01. The van der Waals surface area contributed by atoms with Crippen molar-refractivity contribution >= 4 is 23.4 Å². The molecule has 0 heterocycles. The average Bonchev–Trinajstić information content (AvgIpc) is 2.28. The summed E-state index contributed by atoms with van der Waals surface area (Å²) in [4.78, 5) is 11.7. The summed E-state index contributed by atoms with van der Waals surface area (Å²) in [5, 5.41) is 2.90. The second-order valence-electron chi connectivity index (χ2n) is 4.81. The van der Waals surface area contributed by atoms with E-state index in [-0.39, 0.29) is 0 Å². The third-order valence-electron chi connectivity index (χ3n) is 2.11. The van der Waals surface area contributed by atoms with E-state index in [1.807, 2.05) is 0 Å². The normalized spacial score (nSPS) is 10.8. The molecular weight excluding hydrogens is 270 g/mol. The molecule has 0 spiro atoms. The van der Waals surface area contributed by atoms with Gasteiger partial charge < -0.3 is 14.2 Å². The molecule has 6 heteroatoms. The summed E-state index contributed by atoms with van der Waals surface area (Å²) in [5.41, 5.74) is -0.179. The molecule has 1 amide bonds. The molecule has 0 fully saturated rings. The predicted molar refractivity (Wildman–Crippen MR) is 74.4 cm³/mol. The highest BCUT2D eigenvalue weighted by Crippen LogP contribution is 2.36. The molecule has 0 aliphatic heterocycles. The number of carbonyl (C=O) groups excluding carboxylic acids is 1. The highest BCUT2D eigenvalue weighted by atomic mass is 35.5. The van der Waals surface area contributed by atoms with Gasteiger partial charge in [0.1, 0.15) is 5.60 Å². The Balaban J connectivity index is 2.93. The fraction of sp³-hybridized carbons (Fsp3) is 0.462. The number of anilines is 1. The lowest BCUT2D eigenvalue weighted by atomic mass is 10.2. The molecule has 0 saturated carbocycles. The van der Waals surface area contributed by atoms with Crippen LogP contribution in [0.3, 0.4) is 0 Å². The number of rotatable bonds is 3. The van der Waals surface area contributed by atoms with Gasteiger partial charge in [-0.15, -0.1) is 0 Å². The van der Waals surface area contributed by atoms with Gasteiger partial charge in [-0.2, -0.15) is 0 Å². The van der Waals surface area contributed by atoms with Crippen LogP contribution in [-0.2, 0) is 4.74 Å². The maximum Gasteiger partial charge on any atom is 0.412 e. The molecule has 106 valence electrons. The van der Waals surface area contributed by atoms with E-state index in [9.17, 15) is 4.79 Å². The second-order valence-corrected chi connectivity index (χ2v) is 5.22. The van der Waals surface area contributed by atoms with Gasteiger partial charge in [0.2, 0.25) is 0 Å². The van der Waals surface area contributed by atoms with Gasteiger partial charge in [-0.25, -0.2) is 4.79 Å². The van der Waals surface area contributed by atoms with Crippen molar-refractivity contribution in [3.05, 3.63) is 17.2 Å². The van der Waals surface area contributed by atoms with Gasteiger partial charge in [0, 0.05) is 12.1 Å². The number of carbonyl (C=O) groups is 1. The Bertz CT molecular complexity index is 468. The zero-order chi connectivity index (χ0) is 14.6. The minimum absolute atomic E-state index is 0.337. The summed E-state index contributed by atoms with van der Waals surface area (Å²) in [6, 6.07) is 3.14. The van der Waals surface area contributed by atoms with Crippen molar-refractivity contribution in [2.24, 2.45) is 0 Å². The number of halogens is 1. The molecule has 1 rings (SSSR count). The summed E-state index contributed by atoms with van der Waals surface area (Å²) in [6.45, 7) is 5.34. The average molecular weight is 288 g/mol. The van der Waals surface area contributed by atoms with Crippen LogP contribution < -0.4 is 14.8 Å². The van der Waals surface area contributed by atoms with Crippen molar-refractivity contribution in [1.29, 1.82) is 0 Å². The fourth-order valence-corrected chi connectivity index (χ4v) is 1.56. The fourth-order valence-electron chi connectivity index (χ4n) is 1.36. The molecule has 0 atom stereocenters. The van der Waals surface area contributed by atoms with E-state index in [1.54, 1.807) is 32.9 Å². The Hall–Kier alpha value is -1.62. The van der Waals surface area contributed by atoms with Crippen molar-refractivity contribution in [3.63, 3.8) is 0 Å². The van der Waals surface area contributed by atoms with Gasteiger partial charge in [0.05, 0.1) is 24.9 Å². The molecule has 0 saturated heterocycles. The van der Waals surface area contributed by atoms with Gasteiger partial charge in [0.15, 0.2) is 11.5 Å². The smallest absolute Gasteiger partial charge is 0.412 e. The predicted octanol–water partition coefficient (Wildman–Crippen LogP) is 3.70. The van der Waals surface area contributed by atoms with Crippen molar-refractivity contribution < 1.29 is 19.0 Å². The Morgan fingerprint density at radius 3 is 2.16 bits per heavy atom. The van der Waals surface area contributed by atoms with Crippen LogP contribution in [0.5, 0.6) is 11.5 Å². The van der Waals surface area contributed by atoms with Gasteiger partial charge in [-0.3, -0.25) is 5.32 Å². The van der Waals surface area contributed by atoms with Crippen LogP contribution in [0.4, 0.5) is 10.5 Å². The maximum atomic E-state index is 11.7. The first kappa shape index (κ1) is 15.4. The number of hydrogen-bond acceptors (Lipinski definition) is 4. The minimum atomic E-state index is -0.582. The largest absolute Gasteiger partial charge is 0.493 e. The van der Waals surface area contributed by atoms with E-state index < -0.39 is 11.7 Å². The Labute approximate surface area is 117 Å². The van der Waals surface area contributed by atoms with E-state index >= 15 is 0 Å². The summed E-state index contributed by atoms with van der Waals surface area (Å²) in [6.07, 6.45) is -0.582. The second kappa shape index (κ2) is 6.02. The number of hydrogen-bond donors (Lipinski definition) is 1.